The standard InChI is InChI=1S/C22H26FN3O2.ClH/c23-19-9-4-8-18(14-19)16-21(27)25-10-5-11-26(13-12-25)22(28)20(24)15-17-6-2-1-3-7-17;/h1-4,6-9,14,20H,5,10-13,15-16,24H2;1H/t20-;/m0./s1. The Kier molecular flexibility index (Phi) is 8.61. The van der Waals surface area contributed by atoms with Gasteiger partial charge in [0.1, 0.15) is 5.82 Å². The molecule has 1 aliphatic heterocycles. The highest BCUT2D eigenvalue weighted by Gasteiger charge is 2.25. The van der Waals surface area contributed by atoms with Crippen molar-refractivity contribution in [2.75, 3.05) is 26.2 Å². The zero-order chi connectivity index (χ0) is 19.9. The Bertz CT molecular complexity index is 819. The maximum absolute atomic E-state index is 13.3. The van der Waals surface area contributed by atoms with Gasteiger partial charge in [-0.05, 0) is 36.1 Å². The van der Waals surface area contributed by atoms with Crippen LogP contribution in [0.3, 0.4) is 0 Å². The molecule has 0 spiro atoms. The van der Waals surface area contributed by atoms with Crippen molar-refractivity contribution in [3.05, 3.63) is 71.5 Å². The minimum absolute atomic E-state index is 0. The fraction of sp³-hybridized carbons (Fsp3) is 0.364. The molecule has 2 amide bonds. The van der Waals surface area contributed by atoms with Crippen molar-refractivity contribution >= 4 is 24.2 Å². The van der Waals surface area contributed by atoms with E-state index in [0.29, 0.717) is 44.6 Å². The van der Waals surface area contributed by atoms with E-state index in [-0.39, 0.29) is 36.5 Å². The summed E-state index contributed by atoms with van der Waals surface area (Å²) in [4.78, 5) is 28.8. The Labute approximate surface area is 177 Å². The third-order valence-corrected chi connectivity index (χ3v) is 5.02. The van der Waals surface area contributed by atoms with Crippen LogP contribution in [0.25, 0.3) is 0 Å². The fourth-order valence-electron chi connectivity index (χ4n) is 3.51. The molecule has 1 aliphatic rings. The van der Waals surface area contributed by atoms with Crippen LogP contribution in [-0.2, 0) is 22.4 Å². The molecule has 7 heteroatoms. The van der Waals surface area contributed by atoms with Gasteiger partial charge in [0.05, 0.1) is 12.5 Å². The lowest BCUT2D eigenvalue weighted by atomic mass is 10.1. The van der Waals surface area contributed by atoms with Crippen LogP contribution in [-0.4, -0.2) is 53.8 Å². The van der Waals surface area contributed by atoms with E-state index >= 15 is 0 Å². The minimum Gasteiger partial charge on any atom is -0.341 e. The fourth-order valence-corrected chi connectivity index (χ4v) is 3.51. The molecule has 5 nitrogen and oxygen atoms in total. The van der Waals surface area contributed by atoms with Gasteiger partial charge in [0.25, 0.3) is 0 Å². The topological polar surface area (TPSA) is 66.6 Å². The highest BCUT2D eigenvalue weighted by molar-refractivity contribution is 5.85. The Hall–Kier alpha value is -2.44. The Morgan fingerprint density at radius 2 is 1.59 bits per heavy atom. The maximum atomic E-state index is 13.3. The molecule has 0 radical (unpaired) electrons. The van der Waals surface area contributed by atoms with Gasteiger partial charge in [0.15, 0.2) is 0 Å². The van der Waals surface area contributed by atoms with Crippen LogP contribution >= 0.6 is 12.4 Å². The first kappa shape index (κ1) is 22.8. The Morgan fingerprint density at radius 3 is 2.31 bits per heavy atom. The van der Waals surface area contributed by atoms with Crippen molar-refractivity contribution in [1.82, 2.24) is 9.80 Å². The van der Waals surface area contributed by atoms with Crippen molar-refractivity contribution < 1.29 is 14.0 Å². The van der Waals surface area contributed by atoms with Gasteiger partial charge in [-0.2, -0.15) is 0 Å². The van der Waals surface area contributed by atoms with Crippen LogP contribution in [0.5, 0.6) is 0 Å². The van der Waals surface area contributed by atoms with Gasteiger partial charge in [-0.3, -0.25) is 9.59 Å². The molecule has 3 rings (SSSR count). The van der Waals surface area contributed by atoms with Gasteiger partial charge in [0.2, 0.25) is 11.8 Å². The zero-order valence-electron chi connectivity index (χ0n) is 16.3. The van der Waals surface area contributed by atoms with Crippen molar-refractivity contribution in [3.63, 3.8) is 0 Å². The number of hydrogen-bond donors (Lipinski definition) is 1. The molecule has 1 saturated heterocycles. The Morgan fingerprint density at radius 1 is 0.931 bits per heavy atom. The van der Waals surface area contributed by atoms with Gasteiger partial charge >= 0.3 is 0 Å². The first-order valence-corrected chi connectivity index (χ1v) is 9.63. The van der Waals surface area contributed by atoms with Gasteiger partial charge in [-0.15, -0.1) is 12.4 Å². The van der Waals surface area contributed by atoms with E-state index in [4.69, 9.17) is 5.73 Å². The van der Waals surface area contributed by atoms with E-state index in [1.165, 1.54) is 12.1 Å². The molecule has 1 fully saturated rings. The summed E-state index contributed by atoms with van der Waals surface area (Å²) in [5, 5.41) is 0. The maximum Gasteiger partial charge on any atom is 0.239 e. The van der Waals surface area contributed by atoms with Crippen LogP contribution in [0.1, 0.15) is 17.5 Å². The highest BCUT2D eigenvalue weighted by atomic mass is 35.5. The summed E-state index contributed by atoms with van der Waals surface area (Å²) in [6, 6.07) is 15.2. The highest BCUT2D eigenvalue weighted by Crippen LogP contribution is 2.11. The number of nitrogens with two attached hydrogens (primary N) is 1. The lowest BCUT2D eigenvalue weighted by molar-refractivity contribution is -0.134. The van der Waals surface area contributed by atoms with Gasteiger partial charge in [0, 0.05) is 26.2 Å². The average molecular weight is 420 g/mol. The summed E-state index contributed by atoms with van der Waals surface area (Å²) in [6.45, 7) is 2.12. The molecule has 2 aromatic rings. The number of carbonyl (C=O) groups excluding carboxylic acids is 2. The molecule has 2 N–H and O–H groups in total. The van der Waals surface area contributed by atoms with Crippen LogP contribution in [0.4, 0.5) is 4.39 Å². The van der Waals surface area contributed by atoms with E-state index in [9.17, 15) is 14.0 Å². The first-order chi connectivity index (χ1) is 13.5. The predicted molar refractivity (Wildman–Crippen MR) is 113 cm³/mol. The first-order valence-electron chi connectivity index (χ1n) is 9.63. The Balaban J connectivity index is 0.00000300. The van der Waals surface area contributed by atoms with Crippen molar-refractivity contribution in [3.8, 4) is 0 Å². The number of nitrogens with zero attached hydrogens (tertiary/aromatic N) is 2. The van der Waals surface area contributed by atoms with Gasteiger partial charge in [-0.25, -0.2) is 4.39 Å². The molecule has 29 heavy (non-hydrogen) atoms. The SMILES string of the molecule is Cl.N[C@@H](Cc1ccccc1)C(=O)N1CCCN(C(=O)Cc2cccc(F)c2)CC1. The molecule has 1 heterocycles. The summed E-state index contributed by atoms with van der Waals surface area (Å²) in [6.07, 6.45) is 1.37. The van der Waals surface area contributed by atoms with Crippen molar-refractivity contribution in [2.24, 2.45) is 5.73 Å². The monoisotopic (exact) mass is 419 g/mol. The molecule has 0 aromatic heterocycles. The summed E-state index contributed by atoms with van der Waals surface area (Å²) < 4.78 is 13.3. The quantitative estimate of drug-likeness (QED) is 0.809. The number of benzene rings is 2. The lowest BCUT2D eigenvalue weighted by Crippen LogP contribution is -2.46. The summed E-state index contributed by atoms with van der Waals surface area (Å²) in [5.74, 6) is -0.470. The summed E-state index contributed by atoms with van der Waals surface area (Å²) in [7, 11) is 0. The van der Waals surface area contributed by atoms with Crippen LogP contribution in [0.15, 0.2) is 54.6 Å². The van der Waals surface area contributed by atoms with E-state index in [0.717, 1.165) is 5.56 Å². The van der Waals surface area contributed by atoms with E-state index in [1.54, 1.807) is 21.9 Å². The molecule has 156 valence electrons. The molecule has 0 saturated carbocycles. The molecule has 2 aromatic carbocycles. The van der Waals surface area contributed by atoms with Crippen LogP contribution in [0.2, 0.25) is 0 Å². The lowest BCUT2D eigenvalue weighted by Gasteiger charge is -2.25. The molecular weight excluding hydrogens is 393 g/mol. The molecule has 0 unspecified atom stereocenters. The third kappa shape index (κ3) is 6.54. The predicted octanol–water partition coefficient (Wildman–Crippen LogP) is 2.42. The average Bonchev–Trinajstić information content (AvgIpc) is 2.94. The number of rotatable bonds is 5. The van der Waals surface area contributed by atoms with Crippen molar-refractivity contribution in [2.45, 2.75) is 25.3 Å². The number of amides is 2. The summed E-state index contributed by atoms with van der Waals surface area (Å²) in [5.41, 5.74) is 7.83. The second kappa shape index (κ2) is 10.9. The van der Waals surface area contributed by atoms with Gasteiger partial charge < -0.3 is 15.5 Å². The largest absolute Gasteiger partial charge is 0.341 e. The number of halogens is 2. The zero-order valence-corrected chi connectivity index (χ0v) is 17.1. The minimum atomic E-state index is -0.586. The normalized spacial score (nSPS) is 15.2. The third-order valence-electron chi connectivity index (χ3n) is 5.02. The van der Waals surface area contributed by atoms with Crippen LogP contribution in [0, 0.1) is 5.82 Å². The number of carbonyl (C=O) groups is 2. The number of hydrogen-bond acceptors (Lipinski definition) is 3. The molecule has 0 aliphatic carbocycles. The second-order valence-corrected chi connectivity index (χ2v) is 7.16. The summed E-state index contributed by atoms with van der Waals surface area (Å²) >= 11 is 0. The van der Waals surface area contributed by atoms with Gasteiger partial charge in [-0.1, -0.05) is 42.5 Å². The molecular formula is C22H27ClFN3O2. The molecule has 1 atom stereocenters. The smallest absolute Gasteiger partial charge is 0.239 e. The second-order valence-electron chi connectivity index (χ2n) is 7.16. The van der Waals surface area contributed by atoms with E-state index < -0.39 is 6.04 Å². The van der Waals surface area contributed by atoms with Crippen LogP contribution < -0.4 is 5.73 Å². The van der Waals surface area contributed by atoms with E-state index in [1.807, 2.05) is 30.3 Å². The van der Waals surface area contributed by atoms with Crippen molar-refractivity contribution in [1.29, 1.82) is 0 Å². The molecule has 0 bridgehead atoms. The van der Waals surface area contributed by atoms with E-state index in [2.05, 4.69) is 0 Å².